The molecule has 1 rings (SSSR count). The molecule has 0 aliphatic rings. The van der Waals surface area contributed by atoms with Crippen molar-refractivity contribution >= 4 is 0 Å². The van der Waals surface area contributed by atoms with Gasteiger partial charge in [-0.3, -0.25) is 0 Å². The van der Waals surface area contributed by atoms with Crippen LogP contribution in [0.5, 0.6) is 0 Å². The summed E-state index contributed by atoms with van der Waals surface area (Å²) in [5.41, 5.74) is 2.01. The molecule has 0 aromatic heterocycles. The van der Waals surface area contributed by atoms with E-state index < -0.39 is 6.10 Å². The Balaban J connectivity index is 2.59. The van der Waals surface area contributed by atoms with Crippen molar-refractivity contribution in [1.82, 2.24) is 0 Å². The average Bonchev–Trinajstić information content (AvgIpc) is 2.27. The number of rotatable bonds is 5. The van der Waals surface area contributed by atoms with Crippen molar-refractivity contribution in [1.29, 1.82) is 0 Å². The van der Waals surface area contributed by atoms with Crippen molar-refractivity contribution in [3.63, 3.8) is 0 Å². The SMILES string of the molecule is C#CCCC(O)c1ccc(COC)cc1. The van der Waals surface area contributed by atoms with E-state index >= 15 is 0 Å². The van der Waals surface area contributed by atoms with Crippen LogP contribution in [0, 0.1) is 12.3 Å². The summed E-state index contributed by atoms with van der Waals surface area (Å²) in [4.78, 5) is 0. The van der Waals surface area contributed by atoms with E-state index in [1.165, 1.54) is 0 Å². The predicted octanol–water partition coefficient (Wildman–Crippen LogP) is 2.28. The zero-order valence-corrected chi connectivity index (χ0v) is 8.94. The fraction of sp³-hybridized carbons (Fsp3) is 0.385. The third kappa shape index (κ3) is 3.75. The first-order valence-corrected chi connectivity index (χ1v) is 4.97. The molecule has 0 aliphatic carbocycles. The van der Waals surface area contributed by atoms with Crippen LogP contribution in [0.3, 0.4) is 0 Å². The van der Waals surface area contributed by atoms with Gasteiger partial charge in [-0.25, -0.2) is 0 Å². The first-order chi connectivity index (χ1) is 7.27. The van der Waals surface area contributed by atoms with Gasteiger partial charge in [0.05, 0.1) is 12.7 Å². The summed E-state index contributed by atoms with van der Waals surface area (Å²) in [6.45, 7) is 0.598. The maximum absolute atomic E-state index is 9.75. The summed E-state index contributed by atoms with van der Waals surface area (Å²) >= 11 is 0. The number of methoxy groups -OCH3 is 1. The molecule has 1 atom stereocenters. The van der Waals surface area contributed by atoms with Crippen molar-refractivity contribution in [2.75, 3.05) is 7.11 Å². The van der Waals surface area contributed by atoms with Gasteiger partial charge in [0.15, 0.2) is 0 Å². The molecule has 0 radical (unpaired) electrons. The minimum absolute atomic E-state index is 0.461. The zero-order valence-electron chi connectivity index (χ0n) is 8.94. The van der Waals surface area contributed by atoms with Crippen molar-refractivity contribution in [2.45, 2.75) is 25.6 Å². The van der Waals surface area contributed by atoms with E-state index in [1.54, 1.807) is 7.11 Å². The van der Waals surface area contributed by atoms with Gasteiger partial charge in [-0.2, -0.15) is 0 Å². The van der Waals surface area contributed by atoms with E-state index in [1.807, 2.05) is 24.3 Å². The standard InChI is InChI=1S/C13H16O2/c1-3-4-5-13(14)12-8-6-11(7-9-12)10-15-2/h1,6-9,13-14H,4-5,10H2,2H3. The van der Waals surface area contributed by atoms with Gasteiger partial charge in [0.2, 0.25) is 0 Å². The van der Waals surface area contributed by atoms with Crippen LogP contribution >= 0.6 is 0 Å². The second-order valence-corrected chi connectivity index (χ2v) is 3.43. The molecule has 0 heterocycles. The predicted molar refractivity (Wildman–Crippen MR) is 60.2 cm³/mol. The van der Waals surface area contributed by atoms with E-state index in [4.69, 9.17) is 11.2 Å². The van der Waals surface area contributed by atoms with Crippen LogP contribution in [0.1, 0.15) is 30.1 Å². The Morgan fingerprint density at radius 2 is 2.07 bits per heavy atom. The number of terminal acetylenes is 1. The lowest BCUT2D eigenvalue weighted by Gasteiger charge is -2.09. The maximum Gasteiger partial charge on any atom is 0.0799 e. The first-order valence-electron chi connectivity index (χ1n) is 4.97. The second kappa shape index (κ2) is 6.23. The molecular weight excluding hydrogens is 188 g/mol. The van der Waals surface area contributed by atoms with Gasteiger partial charge in [0.1, 0.15) is 0 Å². The van der Waals surface area contributed by atoms with Crippen LogP contribution in [-0.2, 0) is 11.3 Å². The zero-order chi connectivity index (χ0) is 11.1. The molecule has 1 aromatic rings. The Morgan fingerprint density at radius 3 is 2.60 bits per heavy atom. The average molecular weight is 204 g/mol. The van der Waals surface area contributed by atoms with Crippen LogP contribution in [0.15, 0.2) is 24.3 Å². The molecule has 2 nitrogen and oxygen atoms in total. The highest BCUT2D eigenvalue weighted by atomic mass is 16.5. The summed E-state index contributed by atoms with van der Waals surface area (Å²) < 4.78 is 5.00. The number of aliphatic hydroxyl groups is 1. The van der Waals surface area contributed by atoms with Gasteiger partial charge in [0, 0.05) is 13.5 Å². The molecule has 1 unspecified atom stereocenters. The first kappa shape index (κ1) is 11.8. The summed E-state index contributed by atoms with van der Waals surface area (Å²) in [5, 5.41) is 9.75. The van der Waals surface area contributed by atoms with Crippen molar-refractivity contribution in [2.24, 2.45) is 0 Å². The summed E-state index contributed by atoms with van der Waals surface area (Å²) in [6, 6.07) is 7.74. The Bertz CT molecular complexity index is 321. The molecule has 0 saturated carbocycles. The molecule has 15 heavy (non-hydrogen) atoms. The van der Waals surface area contributed by atoms with E-state index in [2.05, 4.69) is 5.92 Å². The third-order valence-corrected chi connectivity index (χ3v) is 2.24. The van der Waals surface area contributed by atoms with Crippen molar-refractivity contribution in [3.8, 4) is 12.3 Å². The third-order valence-electron chi connectivity index (χ3n) is 2.24. The van der Waals surface area contributed by atoms with Gasteiger partial charge >= 0.3 is 0 Å². The lowest BCUT2D eigenvalue weighted by atomic mass is 10.0. The number of hydrogen-bond acceptors (Lipinski definition) is 2. The quantitative estimate of drug-likeness (QED) is 0.746. The van der Waals surface area contributed by atoms with Crippen LogP contribution in [-0.4, -0.2) is 12.2 Å². The minimum Gasteiger partial charge on any atom is -0.388 e. The normalized spacial score (nSPS) is 12.1. The van der Waals surface area contributed by atoms with Crippen molar-refractivity contribution in [3.05, 3.63) is 35.4 Å². The van der Waals surface area contributed by atoms with E-state index in [-0.39, 0.29) is 0 Å². The van der Waals surface area contributed by atoms with Gasteiger partial charge in [0.25, 0.3) is 0 Å². The number of ether oxygens (including phenoxy) is 1. The lowest BCUT2D eigenvalue weighted by molar-refractivity contribution is 0.169. The van der Waals surface area contributed by atoms with E-state index in [0.29, 0.717) is 19.4 Å². The van der Waals surface area contributed by atoms with Gasteiger partial charge in [-0.15, -0.1) is 12.3 Å². The minimum atomic E-state index is -0.461. The van der Waals surface area contributed by atoms with E-state index in [9.17, 15) is 5.11 Å². The Kier molecular flexibility index (Phi) is 4.89. The molecule has 0 bridgehead atoms. The Labute approximate surface area is 90.9 Å². The second-order valence-electron chi connectivity index (χ2n) is 3.43. The molecule has 0 aliphatic heterocycles. The number of benzene rings is 1. The maximum atomic E-state index is 9.75. The largest absolute Gasteiger partial charge is 0.388 e. The van der Waals surface area contributed by atoms with E-state index in [0.717, 1.165) is 11.1 Å². The van der Waals surface area contributed by atoms with Crippen LogP contribution in [0.4, 0.5) is 0 Å². The lowest BCUT2D eigenvalue weighted by Crippen LogP contribution is -1.97. The summed E-state index contributed by atoms with van der Waals surface area (Å²) in [6.07, 6.45) is 5.89. The molecule has 2 heteroatoms. The monoisotopic (exact) mass is 204 g/mol. The number of aliphatic hydroxyl groups excluding tert-OH is 1. The topological polar surface area (TPSA) is 29.5 Å². The summed E-state index contributed by atoms with van der Waals surface area (Å²) in [5.74, 6) is 2.52. The fourth-order valence-corrected chi connectivity index (χ4v) is 1.39. The molecule has 80 valence electrons. The highest BCUT2D eigenvalue weighted by molar-refractivity contribution is 5.23. The Hall–Kier alpha value is -1.30. The van der Waals surface area contributed by atoms with Crippen LogP contribution in [0.25, 0.3) is 0 Å². The Morgan fingerprint density at radius 1 is 1.40 bits per heavy atom. The molecule has 0 fully saturated rings. The van der Waals surface area contributed by atoms with Crippen LogP contribution < -0.4 is 0 Å². The highest BCUT2D eigenvalue weighted by Gasteiger charge is 2.05. The van der Waals surface area contributed by atoms with Gasteiger partial charge in [-0.05, 0) is 17.5 Å². The number of hydrogen-bond donors (Lipinski definition) is 1. The smallest absolute Gasteiger partial charge is 0.0799 e. The summed E-state index contributed by atoms with van der Waals surface area (Å²) in [7, 11) is 1.66. The fourth-order valence-electron chi connectivity index (χ4n) is 1.39. The molecule has 0 spiro atoms. The van der Waals surface area contributed by atoms with Crippen LogP contribution in [0.2, 0.25) is 0 Å². The molecular formula is C13H16O2. The van der Waals surface area contributed by atoms with Gasteiger partial charge in [-0.1, -0.05) is 24.3 Å². The molecule has 1 aromatic carbocycles. The van der Waals surface area contributed by atoms with Crippen molar-refractivity contribution < 1.29 is 9.84 Å². The molecule has 0 saturated heterocycles. The molecule has 0 amide bonds. The highest BCUT2D eigenvalue weighted by Crippen LogP contribution is 2.18. The van der Waals surface area contributed by atoms with Gasteiger partial charge < -0.3 is 9.84 Å². The molecule has 1 N–H and O–H groups in total.